The highest BCUT2D eigenvalue weighted by Crippen LogP contribution is 2.33. The summed E-state index contributed by atoms with van der Waals surface area (Å²) in [5, 5.41) is 0. The second-order valence-corrected chi connectivity index (χ2v) is 8.47. The number of aromatic nitrogens is 3. The molecule has 5 rings (SSSR count). The molecule has 1 aliphatic heterocycles. The number of anilines is 1. The van der Waals surface area contributed by atoms with Gasteiger partial charge in [0.25, 0.3) is 5.91 Å². The monoisotopic (exact) mass is 425 g/mol. The lowest BCUT2D eigenvalue weighted by atomic mass is 10.0. The summed E-state index contributed by atoms with van der Waals surface area (Å²) in [6.07, 6.45) is 3.59. The van der Waals surface area contributed by atoms with E-state index in [4.69, 9.17) is 4.98 Å². The van der Waals surface area contributed by atoms with Crippen LogP contribution in [0.2, 0.25) is 0 Å². The fourth-order valence-electron chi connectivity index (χ4n) is 4.50. The molecule has 162 valence electrons. The van der Waals surface area contributed by atoms with Gasteiger partial charge in [-0.2, -0.15) is 0 Å². The predicted octanol–water partition coefficient (Wildman–Crippen LogP) is 4.64. The number of likely N-dealkylation sites (tertiary alicyclic amines) is 1. The normalized spacial score (nSPS) is 14.6. The van der Waals surface area contributed by atoms with Gasteiger partial charge in [0, 0.05) is 50.7 Å². The van der Waals surface area contributed by atoms with Gasteiger partial charge >= 0.3 is 0 Å². The summed E-state index contributed by atoms with van der Waals surface area (Å²) in [5.41, 5.74) is 4.82. The van der Waals surface area contributed by atoms with E-state index in [2.05, 4.69) is 21.7 Å². The third-order valence-electron chi connectivity index (χ3n) is 6.24. The molecule has 0 radical (unpaired) electrons. The Kier molecular flexibility index (Phi) is 5.35. The summed E-state index contributed by atoms with van der Waals surface area (Å²) in [4.78, 5) is 26.5. The van der Waals surface area contributed by atoms with E-state index < -0.39 is 0 Å². The number of carbonyl (C=O) groups is 1. The number of imidazole rings is 1. The highest BCUT2D eigenvalue weighted by molar-refractivity contribution is 5.94. The van der Waals surface area contributed by atoms with Crippen LogP contribution in [0.15, 0.2) is 72.9 Å². The number of nitrogens with zero attached hydrogens (tertiary/aromatic N) is 5. The minimum atomic E-state index is 0.106. The number of pyridine rings is 1. The number of benzene rings is 2. The number of para-hydroxylation sites is 2. The number of hydrogen-bond donors (Lipinski definition) is 0. The van der Waals surface area contributed by atoms with Gasteiger partial charge in [-0.3, -0.25) is 9.78 Å². The Morgan fingerprint density at radius 3 is 2.34 bits per heavy atom. The lowest BCUT2D eigenvalue weighted by Gasteiger charge is -2.33. The van der Waals surface area contributed by atoms with Gasteiger partial charge in [-0.25, -0.2) is 4.98 Å². The van der Waals surface area contributed by atoms with Crippen LogP contribution in [-0.4, -0.2) is 52.5 Å². The minimum absolute atomic E-state index is 0.106. The first-order valence-electron chi connectivity index (χ1n) is 11.1. The molecule has 0 spiro atoms. The zero-order valence-electron chi connectivity index (χ0n) is 18.5. The van der Waals surface area contributed by atoms with E-state index in [1.54, 1.807) is 0 Å². The van der Waals surface area contributed by atoms with Crippen LogP contribution < -0.4 is 4.90 Å². The number of carbonyl (C=O) groups excluding carboxylic acids is 1. The molecule has 2 aromatic heterocycles. The van der Waals surface area contributed by atoms with Crippen LogP contribution in [-0.2, 0) is 0 Å². The van der Waals surface area contributed by atoms with Crippen molar-refractivity contribution in [2.45, 2.75) is 18.9 Å². The lowest BCUT2D eigenvalue weighted by molar-refractivity contribution is 0.0696. The molecule has 0 N–H and O–H groups in total. The van der Waals surface area contributed by atoms with E-state index >= 15 is 0 Å². The van der Waals surface area contributed by atoms with Crippen LogP contribution >= 0.6 is 0 Å². The molecule has 0 atom stereocenters. The largest absolute Gasteiger partial charge is 0.378 e. The molecule has 32 heavy (non-hydrogen) atoms. The summed E-state index contributed by atoms with van der Waals surface area (Å²) in [5.74, 6) is 1.00. The van der Waals surface area contributed by atoms with Crippen molar-refractivity contribution >= 4 is 22.6 Å². The zero-order valence-corrected chi connectivity index (χ0v) is 18.5. The third-order valence-corrected chi connectivity index (χ3v) is 6.24. The first-order chi connectivity index (χ1) is 15.6. The molecule has 0 saturated carbocycles. The predicted molar refractivity (Wildman–Crippen MR) is 128 cm³/mol. The Bertz CT molecular complexity index is 1220. The molecule has 1 aliphatic rings. The Balaban J connectivity index is 1.38. The highest BCUT2D eigenvalue weighted by Gasteiger charge is 2.28. The second kappa shape index (κ2) is 8.46. The summed E-state index contributed by atoms with van der Waals surface area (Å²) < 4.78 is 2.32. The van der Waals surface area contributed by atoms with Crippen molar-refractivity contribution < 1.29 is 4.79 Å². The fraction of sp³-hybridized carbons (Fsp3) is 0.269. The first-order valence-corrected chi connectivity index (χ1v) is 11.1. The fourth-order valence-corrected chi connectivity index (χ4v) is 4.50. The molecule has 1 amide bonds. The van der Waals surface area contributed by atoms with E-state index in [0.29, 0.717) is 0 Å². The molecule has 6 heteroatoms. The maximum atomic E-state index is 13.1. The zero-order chi connectivity index (χ0) is 22.1. The van der Waals surface area contributed by atoms with Crippen LogP contribution in [0.25, 0.3) is 22.6 Å². The number of amides is 1. The van der Waals surface area contributed by atoms with Crippen molar-refractivity contribution in [2.24, 2.45) is 0 Å². The summed E-state index contributed by atoms with van der Waals surface area (Å²) in [7, 11) is 4.00. The van der Waals surface area contributed by atoms with Crippen molar-refractivity contribution in [2.75, 3.05) is 32.1 Å². The molecule has 2 aromatic carbocycles. The van der Waals surface area contributed by atoms with Gasteiger partial charge in [0.1, 0.15) is 5.69 Å². The minimum Gasteiger partial charge on any atom is -0.378 e. The summed E-state index contributed by atoms with van der Waals surface area (Å²) >= 11 is 0. The molecule has 6 nitrogen and oxygen atoms in total. The number of rotatable bonds is 4. The average molecular weight is 426 g/mol. The molecular weight excluding hydrogens is 398 g/mol. The molecule has 0 bridgehead atoms. The van der Waals surface area contributed by atoms with Crippen molar-refractivity contribution in [1.29, 1.82) is 0 Å². The summed E-state index contributed by atoms with van der Waals surface area (Å²) in [6, 6.07) is 22.3. The average Bonchev–Trinajstić information content (AvgIpc) is 3.24. The number of fused-ring (bicyclic) bond motifs is 1. The standard InChI is InChI=1S/C26H27N5O/c1-29(2)20-12-10-19(11-13-20)26(32)30-17-14-21(15-18-30)31-24-9-4-3-7-22(24)28-25(31)23-8-5-6-16-27-23/h3-13,16,21H,14-15,17-18H2,1-2H3. The lowest BCUT2D eigenvalue weighted by Crippen LogP contribution is -2.39. The van der Waals surface area contributed by atoms with Crippen LogP contribution in [0.1, 0.15) is 29.2 Å². The maximum absolute atomic E-state index is 13.1. The van der Waals surface area contributed by atoms with Crippen LogP contribution in [0.4, 0.5) is 5.69 Å². The van der Waals surface area contributed by atoms with E-state index in [0.717, 1.165) is 59.7 Å². The van der Waals surface area contributed by atoms with Gasteiger partial charge in [0.15, 0.2) is 5.82 Å². The van der Waals surface area contributed by atoms with Gasteiger partial charge in [-0.05, 0) is 61.4 Å². The van der Waals surface area contributed by atoms with Gasteiger partial charge < -0.3 is 14.4 Å². The van der Waals surface area contributed by atoms with Gasteiger partial charge in [0.05, 0.1) is 11.0 Å². The maximum Gasteiger partial charge on any atom is 0.253 e. The van der Waals surface area contributed by atoms with Crippen molar-refractivity contribution in [3.8, 4) is 11.5 Å². The number of piperidine rings is 1. The van der Waals surface area contributed by atoms with E-state index in [1.807, 2.05) is 84.7 Å². The van der Waals surface area contributed by atoms with Gasteiger partial charge in [-0.1, -0.05) is 18.2 Å². The molecule has 3 heterocycles. The molecule has 0 unspecified atom stereocenters. The van der Waals surface area contributed by atoms with Crippen LogP contribution in [0.5, 0.6) is 0 Å². The van der Waals surface area contributed by atoms with Crippen LogP contribution in [0, 0.1) is 0 Å². The first kappa shape index (κ1) is 20.2. The molecule has 4 aromatic rings. The molecule has 1 saturated heterocycles. The quantitative estimate of drug-likeness (QED) is 0.478. The van der Waals surface area contributed by atoms with E-state index in [-0.39, 0.29) is 11.9 Å². The third kappa shape index (κ3) is 3.73. The molecule has 0 aliphatic carbocycles. The number of hydrogen-bond acceptors (Lipinski definition) is 4. The Morgan fingerprint density at radius 2 is 1.66 bits per heavy atom. The van der Waals surface area contributed by atoms with Gasteiger partial charge in [-0.15, -0.1) is 0 Å². The summed E-state index contributed by atoms with van der Waals surface area (Å²) in [6.45, 7) is 1.46. The van der Waals surface area contributed by atoms with Crippen molar-refractivity contribution in [3.05, 3.63) is 78.5 Å². The second-order valence-electron chi connectivity index (χ2n) is 8.47. The van der Waals surface area contributed by atoms with Crippen molar-refractivity contribution in [1.82, 2.24) is 19.4 Å². The Hall–Kier alpha value is -3.67. The van der Waals surface area contributed by atoms with E-state index in [9.17, 15) is 4.79 Å². The topological polar surface area (TPSA) is 54.3 Å². The van der Waals surface area contributed by atoms with E-state index in [1.165, 1.54) is 0 Å². The SMILES string of the molecule is CN(C)c1ccc(C(=O)N2CCC(n3c(-c4ccccn4)nc4ccccc43)CC2)cc1. The Labute approximate surface area is 188 Å². The molecule has 1 fully saturated rings. The smallest absolute Gasteiger partial charge is 0.253 e. The highest BCUT2D eigenvalue weighted by atomic mass is 16.2. The van der Waals surface area contributed by atoms with Crippen LogP contribution in [0.3, 0.4) is 0 Å². The van der Waals surface area contributed by atoms with Crippen molar-refractivity contribution in [3.63, 3.8) is 0 Å². The van der Waals surface area contributed by atoms with Gasteiger partial charge in [0.2, 0.25) is 0 Å². The Morgan fingerprint density at radius 1 is 0.938 bits per heavy atom. The molecular formula is C26H27N5O.